The summed E-state index contributed by atoms with van der Waals surface area (Å²) < 4.78 is 6.14. The van der Waals surface area contributed by atoms with E-state index in [4.69, 9.17) is 16.3 Å². The molecule has 1 heterocycles. The van der Waals surface area contributed by atoms with Crippen molar-refractivity contribution < 1.29 is 9.53 Å². The lowest BCUT2D eigenvalue weighted by Crippen LogP contribution is -2.01. The van der Waals surface area contributed by atoms with Crippen LogP contribution in [0, 0.1) is 6.92 Å². The van der Waals surface area contributed by atoms with E-state index >= 15 is 0 Å². The van der Waals surface area contributed by atoms with Gasteiger partial charge >= 0.3 is 0 Å². The number of ether oxygens (including phenoxy) is 1. The molecule has 0 N–H and O–H groups in total. The zero-order valence-corrected chi connectivity index (χ0v) is 12.9. The molecule has 0 spiro atoms. The number of benzene rings is 1. The molecule has 0 fully saturated rings. The van der Waals surface area contributed by atoms with Gasteiger partial charge in [-0.1, -0.05) is 11.6 Å². The molecule has 2 aromatic rings. The van der Waals surface area contributed by atoms with Crippen LogP contribution in [0.2, 0.25) is 5.02 Å². The molecule has 2 rings (SSSR count). The van der Waals surface area contributed by atoms with Crippen LogP contribution in [0.4, 0.5) is 0 Å². The van der Waals surface area contributed by atoms with E-state index in [1.807, 2.05) is 13.0 Å². The van der Waals surface area contributed by atoms with Crippen molar-refractivity contribution in [3.8, 4) is 5.75 Å². The summed E-state index contributed by atoms with van der Waals surface area (Å²) >= 11 is 10.7. The van der Waals surface area contributed by atoms with Crippen LogP contribution in [0.5, 0.6) is 5.75 Å². The number of carbonyl (C=O) groups is 1. The summed E-state index contributed by atoms with van der Waals surface area (Å²) in [7, 11) is 1.53. The lowest BCUT2D eigenvalue weighted by atomic mass is 10.1. The van der Waals surface area contributed by atoms with E-state index in [2.05, 4.69) is 15.9 Å². The molecule has 0 aliphatic carbocycles. The maximum Gasteiger partial charge on any atom is 0.206 e. The third-order valence-electron chi connectivity index (χ3n) is 2.49. The van der Waals surface area contributed by atoms with Gasteiger partial charge in [-0.25, -0.2) is 0 Å². The fourth-order valence-corrected chi connectivity index (χ4v) is 3.21. The zero-order valence-electron chi connectivity index (χ0n) is 9.79. The fraction of sp³-hybridized carbons (Fsp3) is 0.154. The first kappa shape index (κ1) is 13.6. The van der Waals surface area contributed by atoms with Gasteiger partial charge in [0.2, 0.25) is 5.78 Å². The summed E-state index contributed by atoms with van der Waals surface area (Å²) in [6.45, 7) is 1.96. The standard InChI is InChI=1S/C13H10BrClO2S/c1-7-10(14)6-12(18-7)13(16)9-4-3-8(15)5-11(9)17-2/h3-6H,1-2H3. The maximum absolute atomic E-state index is 12.4. The summed E-state index contributed by atoms with van der Waals surface area (Å²) in [6.07, 6.45) is 0. The number of hydrogen-bond acceptors (Lipinski definition) is 3. The van der Waals surface area contributed by atoms with Crippen molar-refractivity contribution in [2.75, 3.05) is 7.11 Å². The van der Waals surface area contributed by atoms with Crippen LogP contribution < -0.4 is 4.74 Å². The Balaban J connectivity index is 2.45. The highest BCUT2D eigenvalue weighted by atomic mass is 79.9. The minimum absolute atomic E-state index is 0.0534. The van der Waals surface area contributed by atoms with Crippen LogP contribution in [0.1, 0.15) is 20.1 Å². The molecule has 0 unspecified atom stereocenters. The van der Waals surface area contributed by atoms with Crippen LogP contribution in [-0.2, 0) is 0 Å². The topological polar surface area (TPSA) is 26.3 Å². The van der Waals surface area contributed by atoms with Crippen LogP contribution >= 0.6 is 38.9 Å². The second kappa shape index (κ2) is 5.43. The lowest BCUT2D eigenvalue weighted by molar-refractivity contribution is 0.103. The molecule has 0 radical (unpaired) electrons. The highest BCUT2D eigenvalue weighted by Gasteiger charge is 2.17. The monoisotopic (exact) mass is 344 g/mol. The summed E-state index contributed by atoms with van der Waals surface area (Å²) in [5.41, 5.74) is 0.524. The quantitative estimate of drug-likeness (QED) is 0.753. The van der Waals surface area contributed by atoms with E-state index < -0.39 is 0 Å². The summed E-state index contributed by atoms with van der Waals surface area (Å²) in [6, 6.07) is 6.85. The Hall–Kier alpha value is -0.840. The highest BCUT2D eigenvalue weighted by molar-refractivity contribution is 9.10. The maximum atomic E-state index is 12.4. The molecular weight excluding hydrogens is 336 g/mol. The average Bonchev–Trinajstić information content (AvgIpc) is 2.68. The van der Waals surface area contributed by atoms with Gasteiger partial charge in [-0.15, -0.1) is 11.3 Å². The minimum atomic E-state index is -0.0534. The van der Waals surface area contributed by atoms with Crippen molar-refractivity contribution in [1.82, 2.24) is 0 Å². The second-order valence-electron chi connectivity index (χ2n) is 3.69. The first-order valence-corrected chi connectivity index (χ1v) is 7.16. The number of ketones is 1. The van der Waals surface area contributed by atoms with Gasteiger partial charge in [0.05, 0.1) is 17.6 Å². The van der Waals surface area contributed by atoms with E-state index in [-0.39, 0.29) is 5.78 Å². The summed E-state index contributed by atoms with van der Waals surface area (Å²) in [5.74, 6) is 0.442. The third kappa shape index (κ3) is 2.60. The predicted octanol–water partition coefficient (Wildman–Crippen LogP) is 4.71. The Labute approximate surface area is 123 Å². The SMILES string of the molecule is COc1cc(Cl)ccc1C(=O)c1cc(Br)c(C)s1. The van der Waals surface area contributed by atoms with Crippen LogP contribution in [0.25, 0.3) is 0 Å². The molecule has 5 heteroatoms. The van der Waals surface area contributed by atoms with Crippen molar-refractivity contribution in [2.24, 2.45) is 0 Å². The van der Waals surface area contributed by atoms with Gasteiger partial charge in [0, 0.05) is 14.4 Å². The number of aryl methyl sites for hydroxylation is 1. The first-order valence-electron chi connectivity index (χ1n) is 5.17. The van der Waals surface area contributed by atoms with Gasteiger partial charge in [0.15, 0.2) is 0 Å². The Morgan fingerprint density at radius 2 is 2.11 bits per heavy atom. The van der Waals surface area contributed by atoms with Crippen LogP contribution in [0.3, 0.4) is 0 Å². The van der Waals surface area contributed by atoms with Crippen LogP contribution in [0.15, 0.2) is 28.7 Å². The lowest BCUT2D eigenvalue weighted by Gasteiger charge is -2.06. The highest BCUT2D eigenvalue weighted by Crippen LogP contribution is 2.31. The van der Waals surface area contributed by atoms with Gasteiger partial charge in [0.1, 0.15) is 5.75 Å². The normalized spacial score (nSPS) is 10.4. The number of hydrogen-bond donors (Lipinski definition) is 0. The Bertz CT molecular complexity index is 588. The van der Waals surface area contributed by atoms with Crippen molar-refractivity contribution >= 4 is 44.7 Å². The van der Waals surface area contributed by atoms with E-state index in [0.29, 0.717) is 21.2 Å². The molecule has 0 bridgehead atoms. The second-order valence-corrected chi connectivity index (χ2v) is 6.24. The number of halogens is 2. The van der Waals surface area contributed by atoms with E-state index in [1.165, 1.54) is 18.4 Å². The van der Waals surface area contributed by atoms with Gasteiger partial charge in [-0.05, 0) is 47.1 Å². The molecule has 18 heavy (non-hydrogen) atoms. The van der Waals surface area contributed by atoms with Crippen molar-refractivity contribution in [2.45, 2.75) is 6.92 Å². The first-order chi connectivity index (χ1) is 8.52. The number of carbonyl (C=O) groups excluding carboxylic acids is 1. The summed E-state index contributed by atoms with van der Waals surface area (Å²) in [4.78, 5) is 14.1. The van der Waals surface area contributed by atoms with Crippen molar-refractivity contribution in [3.05, 3.63) is 49.1 Å². The molecule has 0 atom stereocenters. The average molecular weight is 346 g/mol. The molecule has 1 aromatic carbocycles. The smallest absolute Gasteiger partial charge is 0.206 e. The van der Waals surface area contributed by atoms with Gasteiger partial charge in [-0.3, -0.25) is 4.79 Å². The minimum Gasteiger partial charge on any atom is -0.496 e. The Morgan fingerprint density at radius 3 is 2.67 bits per heavy atom. The van der Waals surface area contributed by atoms with E-state index in [9.17, 15) is 4.79 Å². The predicted molar refractivity (Wildman–Crippen MR) is 78.2 cm³/mol. The molecule has 0 amide bonds. The van der Waals surface area contributed by atoms with Crippen LogP contribution in [-0.4, -0.2) is 12.9 Å². The Kier molecular flexibility index (Phi) is 4.10. The molecule has 2 nitrogen and oxygen atoms in total. The molecule has 0 saturated heterocycles. The molecule has 0 saturated carbocycles. The Morgan fingerprint density at radius 1 is 1.39 bits per heavy atom. The fourth-order valence-electron chi connectivity index (χ4n) is 1.56. The molecular formula is C13H10BrClO2S. The zero-order chi connectivity index (χ0) is 13.3. The number of rotatable bonds is 3. The third-order valence-corrected chi connectivity index (χ3v) is 4.86. The summed E-state index contributed by atoms with van der Waals surface area (Å²) in [5, 5.41) is 0.548. The van der Waals surface area contributed by atoms with E-state index in [1.54, 1.807) is 18.2 Å². The molecule has 1 aromatic heterocycles. The molecule has 94 valence electrons. The van der Waals surface area contributed by atoms with Crippen molar-refractivity contribution in [1.29, 1.82) is 0 Å². The molecule has 0 aliphatic rings. The molecule has 0 aliphatic heterocycles. The number of methoxy groups -OCH3 is 1. The van der Waals surface area contributed by atoms with Gasteiger partial charge in [-0.2, -0.15) is 0 Å². The number of thiophene rings is 1. The van der Waals surface area contributed by atoms with Gasteiger partial charge in [0.25, 0.3) is 0 Å². The van der Waals surface area contributed by atoms with Crippen molar-refractivity contribution in [3.63, 3.8) is 0 Å². The largest absolute Gasteiger partial charge is 0.496 e. The van der Waals surface area contributed by atoms with E-state index in [0.717, 1.165) is 9.35 Å². The van der Waals surface area contributed by atoms with Gasteiger partial charge < -0.3 is 4.74 Å².